The number of hydrogen-bond donors (Lipinski definition) is 1. The Bertz CT molecular complexity index is 943. The van der Waals surface area contributed by atoms with Crippen LogP contribution < -0.4 is 9.47 Å². The summed E-state index contributed by atoms with van der Waals surface area (Å²) in [6, 6.07) is 18.0. The number of aromatic nitrogens is 3. The van der Waals surface area contributed by atoms with Crippen LogP contribution in [0.15, 0.2) is 60.7 Å². The summed E-state index contributed by atoms with van der Waals surface area (Å²) in [5.41, 5.74) is -0.232. The summed E-state index contributed by atoms with van der Waals surface area (Å²) < 4.78 is 17.1. The average molecular weight is 409 g/mol. The third kappa shape index (κ3) is 4.23. The van der Waals surface area contributed by atoms with Crippen LogP contribution in [0.25, 0.3) is 0 Å². The van der Waals surface area contributed by atoms with Gasteiger partial charge in [0.25, 0.3) is 0 Å². The number of rotatable bonds is 9. The zero-order valence-corrected chi connectivity index (χ0v) is 17.0. The lowest BCUT2D eigenvalue weighted by Gasteiger charge is -2.37. The van der Waals surface area contributed by atoms with Crippen molar-refractivity contribution in [3.63, 3.8) is 0 Å². The highest BCUT2D eigenvalue weighted by Gasteiger charge is 2.49. The minimum Gasteiger partial charge on any atom is -0.478 e. The van der Waals surface area contributed by atoms with E-state index in [2.05, 4.69) is 15.0 Å². The van der Waals surface area contributed by atoms with Gasteiger partial charge in [-0.1, -0.05) is 60.7 Å². The smallest absolute Gasteiger partial charge is 0.348 e. The number of aryl methyl sites for hydroxylation is 1. The molecule has 1 aromatic heterocycles. The zero-order valence-electron chi connectivity index (χ0n) is 17.0. The van der Waals surface area contributed by atoms with Crippen LogP contribution in [0.1, 0.15) is 23.9 Å². The van der Waals surface area contributed by atoms with E-state index in [4.69, 9.17) is 14.2 Å². The van der Waals surface area contributed by atoms with Gasteiger partial charge in [-0.3, -0.25) is 0 Å². The number of methoxy groups -OCH3 is 1. The van der Waals surface area contributed by atoms with Crippen LogP contribution in [0.2, 0.25) is 0 Å². The quantitative estimate of drug-likeness (QED) is 0.575. The van der Waals surface area contributed by atoms with E-state index >= 15 is 0 Å². The lowest BCUT2D eigenvalue weighted by Crippen LogP contribution is -2.50. The molecule has 156 valence electrons. The predicted molar refractivity (Wildman–Crippen MR) is 108 cm³/mol. The summed E-state index contributed by atoms with van der Waals surface area (Å²) in [6.45, 7) is 3.78. The van der Waals surface area contributed by atoms with Crippen LogP contribution in [0.3, 0.4) is 0 Å². The molecule has 0 aliphatic carbocycles. The first-order valence-corrected chi connectivity index (χ1v) is 9.42. The van der Waals surface area contributed by atoms with E-state index in [1.165, 1.54) is 7.11 Å². The van der Waals surface area contributed by atoms with Gasteiger partial charge in [0.2, 0.25) is 6.10 Å². The standard InChI is InChI=1S/C22H23N3O5/c1-4-29-20-23-15(2)24-21(25-20)30-18(19(26)27)22(28-3,16-11-7-5-8-12-16)17-13-9-6-10-14-17/h5-14,18H,4H2,1-3H3,(H,26,27). The fourth-order valence-corrected chi connectivity index (χ4v) is 3.28. The molecule has 1 N–H and O–H groups in total. The van der Waals surface area contributed by atoms with Crippen LogP contribution in [-0.2, 0) is 15.1 Å². The number of nitrogens with zero attached hydrogens (tertiary/aromatic N) is 3. The first kappa shape index (κ1) is 21.2. The maximum absolute atomic E-state index is 12.4. The number of benzene rings is 2. The molecule has 1 heterocycles. The summed E-state index contributed by atoms with van der Waals surface area (Å²) >= 11 is 0. The van der Waals surface area contributed by atoms with Crippen molar-refractivity contribution in [1.29, 1.82) is 0 Å². The monoisotopic (exact) mass is 409 g/mol. The molecule has 1 atom stereocenters. The van der Waals surface area contributed by atoms with Gasteiger partial charge in [0.15, 0.2) is 5.60 Å². The normalized spacial score (nSPS) is 12.2. The molecule has 0 aliphatic heterocycles. The van der Waals surface area contributed by atoms with Gasteiger partial charge in [0, 0.05) is 7.11 Å². The van der Waals surface area contributed by atoms with Crippen molar-refractivity contribution >= 4 is 5.97 Å². The van der Waals surface area contributed by atoms with E-state index in [1.807, 2.05) is 36.4 Å². The maximum atomic E-state index is 12.4. The van der Waals surface area contributed by atoms with E-state index in [1.54, 1.807) is 38.1 Å². The van der Waals surface area contributed by atoms with Gasteiger partial charge in [0.1, 0.15) is 5.82 Å². The largest absolute Gasteiger partial charge is 0.478 e. The van der Waals surface area contributed by atoms with Crippen molar-refractivity contribution in [1.82, 2.24) is 15.0 Å². The van der Waals surface area contributed by atoms with Crippen LogP contribution >= 0.6 is 0 Å². The molecule has 0 spiro atoms. The minimum atomic E-state index is -1.50. The van der Waals surface area contributed by atoms with Crippen LogP contribution in [-0.4, -0.2) is 45.8 Å². The van der Waals surface area contributed by atoms with E-state index in [0.717, 1.165) is 0 Å². The van der Waals surface area contributed by atoms with Gasteiger partial charge in [-0.05, 0) is 25.0 Å². The topological polar surface area (TPSA) is 104 Å². The molecule has 0 bridgehead atoms. The summed E-state index contributed by atoms with van der Waals surface area (Å²) in [5.74, 6) is -0.893. The second-order valence-electron chi connectivity index (χ2n) is 6.39. The number of carbonyl (C=O) groups is 1. The first-order valence-electron chi connectivity index (χ1n) is 9.42. The van der Waals surface area contributed by atoms with E-state index in [-0.39, 0.29) is 12.0 Å². The first-order chi connectivity index (χ1) is 14.5. The summed E-state index contributed by atoms with van der Waals surface area (Å²) in [5, 5.41) is 10.2. The summed E-state index contributed by atoms with van der Waals surface area (Å²) in [4.78, 5) is 24.7. The molecule has 0 amide bonds. The molecule has 0 fully saturated rings. The number of aliphatic carboxylic acids is 1. The van der Waals surface area contributed by atoms with Crippen molar-refractivity contribution in [2.45, 2.75) is 25.6 Å². The second-order valence-corrected chi connectivity index (χ2v) is 6.39. The Morgan fingerprint density at radius 3 is 1.97 bits per heavy atom. The highest BCUT2D eigenvalue weighted by atomic mass is 16.6. The molecule has 8 nitrogen and oxygen atoms in total. The number of carboxylic acid groups (broad SMARTS) is 1. The Morgan fingerprint density at radius 1 is 0.967 bits per heavy atom. The maximum Gasteiger partial charge on any atom is 0.348 e. The SMILES string of the molecule is CCOc1nc(C)nc(OC(C(=O)O)C(OC)(c2ccccc2)c2ccccc2)n1. The molecule has 8 heteroatoms. The minimum absolute atomic E-state index is 0.0616. The van der Waals surface area contributed by atoms with Crippen LogP contribution in [0, 0.1) is 6.92 Å². The number of carboxylic acids is 1. The molecule has 3 rings (SSSR count). The Kier molecular flexibility index (Phi) is 6.58. The van der Waals surface area contributed by atoms with Crippen molar-refractivity contribution in [3.8, 4) is 12.0 Å². The van der Waals surface area contributed by atoms with E-state index in [9.17, 15) is 9.90 Å². The molecule has 1 unspecified atom stereocenters. The van der Waals surface area contributed by atoms with Crippen molar-refractivity contribution < 1.29 is 24.1 Å². The molecule has 0 aliphatic rings. The highest BCUT2D eigenvalue weighted by molar-refractivity contribution is 5.76. The number of ether oxygens (including phenoxy) is 3. The Balaban J connectivity index is 2.16. The lowest BCUT2D eigenvalue weighted by molar-refractivity contribution is -0.160. The second kappa shape index (κ2) is 9.32. The third-order valence-corrected chi connectivity index (χ3v) is 4.52. The molecular weight excluding hydrogens is 386 g/mol. The molecule has 0 radical (unpaired) electrons. The Hall–Kier alpha value is -3.52. The molecule has 2 aromatic carbocycles. The van der Waals surface area contributed by atoms with Gasteiger partial charge in [-0.15, -0.1) is 4.98 Å². The van der Waals surface area contributed by atoms with Gasteiger partial charge in [-0.25, -0.2) is 4.79 Å². The van der Waals surface area contributed by atoms with Gasteiger partial charge in [-0.2, -0.15) is 9.97 Å². The molecule has 0 saturated heterocycles. The fourth-order valence-electron chi connectivity index (χ4n) is 3.28. The van der Waals surface area contributed by atoms with Crippen LogP contribution in [0.5, 0.6) is 12.0 Å². The Morgan fingerprint density at radius 2 is 1.50 bits per heavy atom. The van der Waals surface area contributed by atoms with Crippen molar-refractivity contribution in [2.24, 2.45) is 0 Å². The molecule has 3 aromatic rings. The molecule has 0 saturated carbocycles. The van der Waals surface area contributed by atoms with E-state index in [0.29, 0.717) is 23.6 Å². The summed E-state index contributed by atoms with van der Waals surface area (Å²) in [6.07, 6.45) is -1.50. The summed E-state index contributed by atoms with van der Waals surface area (Å²) in [7, 11) is 1.45. The van der Waals surface area contributed by atoms with Crippen molar-refractivity contribution in [2.75, 3.05) is 13.7 Å². The molecular formula is C22H23N3O5. The van der Waals surface area contributed by atoms with Gasteiger partial charge >= 0.3 is 18.0 Å². The lowest BCUT2D eigenvalue weighted by atomic mass is 9.81. The van der Waals surface area contributed by atoms with Crippen LogP contribution in [0.4, 0.5) is 0 Å². The predicted octanol–water partition coefficient (Wildman–Crippen LogP) is 3.00. The van der Waals surface area contributed by atoms with Crippen molar-refractivity contribution in [3.05, 3.63) is 77.6 Å². The fraction of sp³-hybridized carbons (Fsp3) is 0.273. The number of hydrogen-bond acceptors (Lipinski definition) is 7. The molecule has 30 heavy (non-hydrogen) atoms. The highest BCUT2D eigenvalue weighted by Crippen LogP contribution is 2.38. The average Bonchev–Trinajstić information content (AvgIpc) is 2.75. The van der Waals surface area contributed by atoms with Gasteiger partial charge < -0.3 is 19.3 Å². The van der Waals surface area contributed by atoms with Gasteiger partial charge in [0.05, 0.1) is 6.61 Å². The zero-order chi connectivity index (χ0) is 21.6. The van der Waals surface area contributed by atoms with E-state index < -0.39 is 17.7 Å². The third-order valence-electron chi connectivity index (χ3n) is 4.52. The Labute approximate surface area is 174 Å².